The number of aromatic nitrogens is 2. The highest BCUT2D eigenvalue weighted by Gasteiger charge is 1.94. The van der Waals surface area contributed by atoms with Crippen LogP contribution in [0.25, 0.3) is 21.3 Å². The summed E-state index contributed by atoms with van der Waals surface area (Å²) in [5.41, 5.74) is 9.88. The molecular weight excluding hydrogens is 190 g/mol. The lowest BCUT2D eigenvalue weighted by atomic mass is 10.2. The highest BCUT2D eigenvalue weighted by atomic mass is 15.1. The minimum atomic E-state index is 0.192. The Morgan fingerprint density at radius 1 is 1.53 bits per heavy atom. The van der Waals surface area contributed by atoms with E-state index in [1.807, 2.05) is 18.2 Å². The molecule has 0 atom stereocenters. The highest BCUT2D eigenvalue weighted by molar-refractivity contribution is 5.79. The zero-order valence-electron chi connectivity index (χ0n) is 7.81. The van der Waals surface area contributed by atoms with Gasteiger partial charge in [-0.1, -0.05) is 17.0 Å². The van der Waals surface area contributed by atoms with Gasteiger partial charge in [-0.05, 0) is 23.7 Å². The van der Waals surface area contributed by atoms with Crippen molar-refractivity contribution in [3.63, 3.8) is 0 Å². The summed E-state index contributed by atoms with van der Waals surface area (Å²) in [7, 11) is 0. The normalized spacial score (nSPS) is 9.07. The molecule has 2 rings (SSSR count). The summed E-state index contributed by atoms with van der Waals surface area (Å²) in [5, 5.41) is 11.2. The van der Waals surface area contributed by atoms with Crippen LogP contribution in [-0.4, -0.2) is 16.7 Å². The monoisotopic (exact) mass is 197 g/mol. The predicted molar refractivity (Wildman–Crippen MR) is 57.0 cm³/mol. The average molecular weight is 197 g/mol. The number of hydrogen-bond acceptors (Lipinski definition) is 2. The summed E-state index contributed by atoms with van der Waals surface area (Å²) < 4.78 is 0. The number of aromatic amines is 1. The van der Waals surface area contributed by atoms with Gasteiger partial charge < -0.3 is 0 Å². The van der Waals surface area contributed by atoms with Crippen LogP contribution < -0.4 is 0 Å². The molecule has 15 heavy (non-hydrogen) atoms. The number of azide groups is 1. The van der Waals surface area contributed by atoms with E-state index >= 15 is 0 Å². The number of hydrogen-bond donors (Lipinski definition) is 1. The molecule has 72 valence electrons. The molecule has 1 N–H and O–H groups in total. The van der Waals surface area contributed by atoms with Gasteiger partial charge in [0.15, 0.2) is 0 Å². The van der Waals surface area contributed by atoms with Crippen molar-refractivity contribution in [3.8, 4) is 11.8 Å². The number of nitrogens with one attached hydrogen (secondary N) is 1. The molecule has 5 nitrogen and oxygen atoms in total. The van der Waals surface area contributed by atoms with Crippen LogP contribution in [0.2, 0.25) is 0 Å². The molecular formula is C10H7N5. The third-order valence-corrected chi connectivity index (χ3v) is 1.89. The average Bonchev–Trinajstić information content (AvgIpc) is 2.71. The molecule has 0 spiro atoms. The molecule has 0 bridgehead atoms. The fraction of sp³-hybridized carbons (Fsp3) is 0.100. The molecule has 0 saturated heterocycles. The molecule has 1 aromatic heterocycles. The van der Waals surface area contributed by atoms with E-state index in [9.17, 15) is 0 Å². The third-order valence-electron chi connectivity index (χ3n) is 1.89. The summed E-state index contributed by atoms with van der Waals surface area (Å²) in [5.74, 6) is 5.65. The van der Waals surface area contributed by atoms with E-state index in [1.165, 1.54) is 0 Å². The van der Waals surface area contributed by atoms with Crippen molar-refractivity contribution in [2.45, 2.75) is 0 Å². The Morgan fingerprint density at radius 3 is 3.33 bits per heavy atom. The van der Waals surface area contributed by atoms with Crippen molar-refractivity contribution >= 4 is 10.9 Å². The van der Waals surface area contributed by atoms with Gasteiger partial charge in [0.05, 0.1) is 18.3 Å². The van der Waals surface area contributed by atoms with E-state index in [0.717, 1.165) is 16.5 Å². The van der Waals surface area contributed by atoms with Crippen LogP contribution in [0.1, 0.15) is 5.56 Å². The molecule has 0 aliphatic heterocycles. The van der Waals surface area contributed by atoms with Crippen LogP contribution in [0.5, 0.6) is 0 Å². The molecule has 5 heteroatoms. The maximum absolute atomic E-state index is 8.05. The van der Waals surface area contributed by atoms with Crippen molar-refractivity contribution in [1.29, 1.82) is 0 Å². The van der Waals surface area contributed by atoms with E-state index in [2.05, 4.69) is 32.1 Å². The van der Waals surface area contributed by atoms with Gasteiger partial charge in [0.25, 0.3) is 0 Å². The van der Waals surface area contributed by atoms with Gasteiger partial charge >= 0.3 is 0 Å². The second-order valence-corrected chi connectivity index (χ2v) is 2.86. The van der Waals surface area contributed by atoms with Gasteiger partial charge in [0.2, 0.25) is 0 Å². The molecule has 0 saturated carbocycles. The van der Waals surface area contributed by atoms with E-state index in [-0.39, 0.29) is 6.54 Å². The lowest BCUT2D eigenvalue weighted by Gasteiger charge is -1.89. The molecule has 0 amide bonds. The third kappa shape index (κ3) is 2.08. The van der Waals surface area contributed by atoms with Gasteiger partial charge in [-0.3, -0.25) is 5.10 Å². The van der Waals surface area contributed by atoms with Crippen LogP contribution in [0.3, 0.4) is 0 Å². The van der Waals surface area contributed by atoms with Crippen molar-refractivity contribution in [2.75, 3.05) is 6.54 Å². The zero-order chi connectivity index (χ0) is 10.5. The summed E-state index contributed by atoms with van der Waals surface area (Å²) in [6, 6.07) is 5.75. The molecule has 0 aliphatic carbocycles. The maximum atomic E-state index is 8.05. The van der Waals surface area contributed by atoms with Crippen molar-refractivity contribution in [3.05, 3.63) is 40.4 Å². The number of nitrogens with zero attached hydrogens (tertiary/aromatic N) is 4. The number of fused-ring (bicyclic) bond motifs is 1. The van der Waals surface area contributed by atoms with Crippen molar-refractivity contribution in [2.24, 2.45) is 5.11 Å². The summed E-state index contributed by atoms with van der Waals surface area (Å²) in [6.07, 6.45) is 1.76. The first-order valence-electron chi connectivity index (χ1n) is 4.33. The van der Waals surface area contributed by atoms with Gasteiger partial charge in [0.1, 0.15) is 0 Å². The summed E-state index contributed by atoms with van der Waals surface area (Å²) in [6.45, 7) is 0.192. The SMILES string of the molecule is [N-]=[N+]=NCC#Cc1ccc2cn[nH]c2c1. The first-order chi connectivity index (χ1) is 7.40. The van der Waals surface area contributed by atoms with E-state index in [0.29, 0.717) is 0 Å². The minimum Gasteiger partial charge on any atom is -0.278 e. The number of rotatable bonds is 1. The van der Waals surface area contributed by atoms with Crippen LogP contribution >= 0.6 is 0 Å². The van der Waals surface area contributed by atoms with Crippen LogP contribution in [-0.2, 0) is 0 Å². The van der Waals surface area contributed by atoms with Crippen LogP contribution in [0, 0.1) is 11.8 Å². The lowest BCUT2D eigenvalue weighted by molar-refractivity contribution is 1.12. The molecule has 0 radical (unpaired) electrons. The topological polar surface area (TPSA) is 77.4 Å². The second kappa shape index (κ2) is 4.18. The molecule has 1 aromatic carbocycles. The van der Waals surface area contributed by atoms with E-state index < -0.39 is 0 Å². The Kier molecular flexibility index (Phi) is 2.54. The van der Waals surface area contributed by atoms with Gasteiger partial charge in [0, 0.05) is 15.9 Å². The van der Waals surface area contributed by atoms with Crippen LogP contribution in [0.4, 0.5) is 0 Å². The second-order valence-electron chi connectivity index (χ2n) is 2.86. The predicted octanol–water partition coefficient (Wildman–Crippen LogP) is 2.22. The lowest BCUT2D eigenvalue weighted by Crippen LogP contribution is -1.76. The Bertz CT molecular complexity index is 580. The largest absolute Gasteiger partial charge is 0.278 e. The maximum Gasteiger partial charge on any atom is 0.0880 e. The number of benzene rings is 1. The van der Waals surface area contributed by atoms with Gasteiger partial charge in [-0.15, -0.1) is 0 Å². The zero-order valence-corrected chi connectivity index (χ0v) is 7.81. The van der Waals surface area contributed by atoms with E-state index in [1.54, 1.807) is 6.20 Å². The Hall–Kier alpha value is -2.44. The smallest absolute Gasteiger partial charge is 0.0880 e. The molecule has 2 aromatic rings. The summed E-state index contributed by atoms with van der Waals surface area (Å²) >= 11 is 0. The molecule has 1 heterocycles. The Balaban J connectivity index is 2.26. The minimum absolute atomic E-state index is 0.192. The standard InChI is InChI=1S/C10H7N5/c11-15-12-5-1-2-8-3-4-9-7-13-14-10(9)6-8/h3-4,6-7H,5H2,(H,13,14). The fourth-order valence-electron chi connectivity index (χ4n) is 1.22. The molecule has 0 fully saturated rings. The highest BCUT2D eigenvalue weighted by Crippen LogP contribution is 2.11. The van der Waals surface area contributed by atoms with Crippen molar-refractivity contribution < 1.29 is 0 Å². The molecule has 0 unspecified atom stereocenters. The van der Waals surface area contributed by atoms with Crippen molar-refractivity contribution in [1.82, 2.24) is 10.2 Å². The Labute approximate surface area is 85.7 Å². The molecule has 0 aliphatic rings. The Morgan fingerprint density at radius 2 is 2.47 bits per heavy atom. The van der Waals surface area contributed by atoms with Gasteiger partial charge in [-0.25, -0.2) is 0 Å². The first-order valence-corrected chi connectivity index (χ1v) is 4.33. The van der Waals surface area contributed by atoms with Gasteiger partial charge in [-0.2, -0.15) is 5.10 Å². The number of H-pyrrole nitrogens is 1. The quantitative estimate of drug-likeness (QED) is 0.323. The first kappa shape index (κ1) is 9.13. The van der Waals surface area contributed by atoms with E-state index in [4.69, 9.17) is 5.53 Å². The summed E-state index contributed by atoms with van der Waals surface area (Å²) in [4.78, 5) is 2.61. The fourth-order valence-corrected chi connectivity index (χ4v) is 1.22. The van der Waals surface area contributed by atoms with Crippen LogP contribution in [0.15, 0.2) is 29.5 Å².